The largest absolute Gasteiger partial charge is 0.467 e. The Balaban J connectivity index is 2.58. The molecule has 0 spiro atoms. The summed E-state index contributed by atoms with van der Waals surface area (Å²) in [5.74, 6) is 0.759. The Kier molecular flexibility index (Phi) is 4.79. The molecule has 1 heterocycles. The van der Waals surface area contributed by atoms with E-state index in [4.69, 9.17) is 4.42 Å². The van der Waals surface area contributed by atoms with Gasteiger partial charge in [0, 0.05) is 0 Å². The van der Waals surface area contributed by atoms with Gasteiger partial charge >= 0.3 is 0 Å². The topological polar surface area (TPSA) is 65.6 Å². The van der Waals surface area contributed by atoms with Crippen LogP contribution < -0.4 is 5.32 Å². The molecule has 1 rings (SSSR count). The lowest BCUT2D eigenvalue weighted by atomic mass is 9.98. The molecule has 1 aromatic rings. The third-order valence-corrected chi connectivity index (χ3v) is 3.30. The van der Waals surface area contributed by atoms with Gasteiger partial charge in [0.2, 0.25) is 0 Å². The first-order valence-corrected chi connectivity index (χ1v) is 5.65. The van der Waals surface area contributed by atoms with Gasteiger partial charge in [-0.25, -0.2) is 0 Å². The van der Waals surface area contributed by atoms with Crippen LogP contribution in [0.1, 0.15) is 19.1 Å². The van der Waals surface area contributed by atoms with Gasteiger partial charge < -0.3 is 19.9 Å². The molecule has 0 fully saturated rings. The van der Waals surface area contributed by atoms with Crippen LogP contribution in [0.5, 0.6) is 0 Å². The van der Waals surface area contributed by atoms with Gasteiger partial charge in [-0.2, -0.15) is 0 Å². The molecule has 4 nitrogen and oxygen atoms in total. The second-order valence-corrected chi connectivity index (χ2v) is 4.35. The molecule has 0 amide bonds. The molecule has 0 radical (unpaired) electrons. The van der Waals surface area contributed by atoms with Gasteiger partial charge in [-0.1, -0.05) is 6.92 Å². The molecule has 0 saturated carbocycles. The normalized spacial score (nSPS) is 12.0. The minimum Gasteiger partial charge on any atom is -0.467 e. The molecule has 0 aromatic carbocycles. The Morgan fingerprint density at radius 3 is 2.53 bits per heavy atom. The molecule has 0 unspecified atom stereocenters. The van der Waals surface area contributed by atoms with Crippen molar-refractivity contribution in [2.75, 3.05) is 13.2 Å². The molecule has 0 atom stereocenters. The summed E-state index contributed by atoms with van der Waals surface area (Å²) in [4.78, 5) is 0. The van der Waals surface area contributed by atoms with Crippen molar-refractivity contribution in [1.82, 2.24) is 5.32 Å². The fourth-order valence-corrected chi connectivity index (χ4v) is 1.57. The second kappa shape index (κ2) is 5.65. The van der Waals surface area contributed by atoms with Gasteiger partial charge in [-0.3, -0.25) is 0 Å². The number of hydrogen-bond acceptors (Lipinski definition) is 4. The van der Waals surface area contributed by atoms with Crippen LogP contribution in [0, 0.1) is 0 Å². The van der Waals surface area contributed by atoms with Crippen molar-refractivity contribution in [2.45, 2.75) is 25.4 Å². The highest BCUT2D eigenvalue weighted by atomic mass is 79.9. The third kappa shape index (κ3) is 3.04. The van der Waals surface area contributed by atoms with Gasteiger partial charge in [0.25, 0.3) is 0 Å². The fourth-order valence-electron chi connectivity index (χ4n) is 1.23. The summed E-state index contributed by atoms with van der Waals surface area (Å²) in [6.07, 6.45) is 2.24. The lowest BCUT2D eigenvalue weighted by molar-refractivity contribution is 0.0847. The van der Waals surface area contributed by atoms with Crippen LogP contribution in [0.15, 0.2) is 21.2 Å². The van der Waals surface area contributed by atoms with Crippen molar-refractivity contribution >= 4 is 15.9 Å². The van der Waals surface area contributed by atoms with E-state index in [1.807, 2.05) is 13.0 Å². The number of aliphatic hydroxyl groups is 2. The van der Waals surface area contributed by atoms with E-state index >= 15 is 0 Å². The van der Waals surface area contributed by atoms with Crippen molar-refractivity contribution in [3.05, 3.63) is 22.6 Å². The number of halogens is 1. The minimum absolute atomic E-state index is 0.0989. The van der Waals surface area contributed by atoms with Gasteiger partial charge in [-0.05, 0) is 28.4 Å². The Bertz CT molecular complexity index is 288. The molecule has 0 saturated heterocycles. The second-order valence-electron chi connectivity index (χ2n) is 3.50. The molecule has 15 heavy (non-hydrogen) atoms. The van der Waals surface area contributed by atoms with E-state index in [0.29, 0.717) is 13.0 Å². The van der Waals surface area contributed by atoms with E-state index in [-0.39, 0.29) is 13.2 Å². The van der Waals surface area contributed by atoms with E-state index in [1.54, 1.807) is 6.26 Å². The van der Waals surface area contributed by atoms with Crippen LogP contribution in [-0.2, 0) is 6.54 Å². The number of hydrogen-bond donors (Lipinski definition) is 3. The average molecular weight is 278 g/mol. The van der Waals surface area contributed by atoms with Crippen molar-refractivity contribution < 1.29 is 14.6 Å². The van der Waals surface area contributed by atoms with Crippen LogP contribution in [0.4, 0.5) is 0 Å². The zero-order chi connectivity index (χ0) is 11.3. The molecule has 3 N–H and O–H groups in total. The molecule has 86 valence electrons. The molecular weight excluding hydrogens is 262 g/mol. The summed E-state index contributed by atoms with van der Waals surface area (Å²) in [7, 11) is 0. The maximum absolute atomic E-state index is 9.21. The Morgan fingerprint density at radius 1 is 1.47 bits per heavy atom. The Hall–Kier alpha value is -0.360. The van der Waals surface area contributed by atoms with E-state index in [1.165, 1.54) is 0 Å². The monoisotopic (exact) mass is 277 g/mol. The van der Waals surface area contributed by atoms with Crippen molar-refractivity contribution in [1.29, 1.82) is 0 Å². The fraction of sp³-hybridized carbons (Fsp3) is 0.600. The van der Waals surface area contributed by atoms with Crippen LogP contribution in [0.3, 0.4) is 0 Å². The molecule has 0 aliphatic rings. The predicted molar refractivity (Wildman–Crippen MR) is 60.4 cm³/mol. The third-order valence-electron chi connectivity index (χ3n) is 2.60. The number of nitrogens with one attached hydrogen (secondary N) is 1. The summed E-state index contributed by atoms with van der Waals surface area (Å²) in [6, 6.07) is 1.81. The average Bonchev–Trinajstić information content (AvgIpc) is 2.67. The zero-order valence-electron chi connectivity index (χ0n) is 8.66. The summed E-state index contributed by atoms with van der Waals surface area (Å²) in [6.45, 7) is 2.19. The maximum Gasteiger partial charge on any atom is 0.131 e. The van der Waals surface area contributed by atoms with Crippen LogP contribution >= 0.6 is 15.9 Å². The maximum atomic E-state index is 9.21. The lowest BCUT2D eigenvalue weighted by Gasteiger charge is -2.29. The standard InChI is InChI=1S/C10H16BrNO3/c1-2-10(6-13,7-14)12-5-9-8(11)3-4-15-9/h3-4,12-14H,2,5-7H2,1H3. The van der Waals surface area contributed by atoms with Crippen molar-refractivity contribution in [3.63, 3.8) is 0 Å². The summed E-state index contributed by atoms with van der Waals surface area (Å²) >= 11 is 3.34. The van der Waals surface area contributed by atoms with Crippen LogP contribution in [-0.4, -0.2) is 29.0 Å². The Morgan fingerprint density at radius 2 is 2.13 bits per heavy atom. The first-order valence-electron chi connectivity index (χ1n) is 4.86. The van der Waals surface area contributed by atoms with Gasteiger partial charge in [0.1, 0.15) is 5.76 Å². The number of rotatable bonds is 6. The molecule has 0 aliphatic carbocycles. The Labute approximate surface area is 97.4 Å². The van der Waals surface area contributed by atoms with Gasteiger partial charge in [0.15, 0.2) is 0 Å². The van der Waals surface area contributed by atoms with E-state index in [9.17, 15) is 10.2 Å². The summed E-state index contributed by atoms with van der Waals surface area (Å²) < 4.78 is 6.11. The van der Waals surface area contributed by atoms with Crippen molar-refractivity contribution in [3.8, 4) is 0 Å². The molecule has 1 aromatic heterocycles. The zero-order valence-corrected chi connectivity index (χ0v) is 10.2. The quantitative estimate of drug-likeness (QED) is 0.733. The first kappa shape index (κ1) is 12.7. The number of furan rings is 1. The highest BCUT2D eigenvalue weighted by Gasteiger charge is 2.26. The van der Waals surface area contributed by atoms with E-state index in [2.05, 4.69) is 21.2 Å². The smallest absolute Gasteiger partial charge is 0.131 e. The summed E-state index contributed by atoms with van der Waals surface area (Å²) in [5.41, 5.74) is -0.633. The SMILES string of the molecule is CCC(CO)(CO)NCc1occc1Br. The number of aliphatic hydroxyl groups excluding tert-OH is 2. The van der Waals surface area contributed by atoms with Crippen LogP contribution in [0.25, 0.3) is 0 Å². The van der Waals surface area contributed by atoms with E-state index in [0.717, 1.165) is 10.2 Å². The molecule has 0 bridgehead atoms. The summed E-state index contributed by atoms with van der Waals surface area (Å²) in [5, 5.41) is 21.5. The highest BCUT2D eigenvalue weighted by molar-refractivity contribution is 9.10. The van der Waals surface area contributed by atoms with Gasteiger partial charge in [-0.15, -0.1) is 0 Å². The highest BCUT2D eigenvalue weighted by Crippen LogP contribution is 2.18. The predicted octanol–water partition coefficient (Wildman–Crippen LogP) is 1.27. The van der Waals surface area contributed by atoms with Crippen LogP contribution in [0.2, 0.25) is 0 Å². The molecule has 0 aliphatic heterocycles. The van der Waals surface area contributed by atoms with E-state index < -0.39 is 5.54 Å². The molecule has 5 heteroatoms. The first-order chi connectivity index (χ1) is 7.17. The minimum atomic E-state index is -0.633. The van der Waals surface area contributed by atoms with Crippen molar-refractivity contribution in [2.24, 2.45) is 0 Å². The molecular formula is C10H16BrNO3. The van der Waals surface area contributed by atoms with Gasteiger partial charge in [0.05, 0.1) is 36.0 Å². The lowest BCUT2D eigenvalue weighted by Crippen LogP contribution is -2.50.